The molecule has 1 fully saturated rings. The van der Waals surface area contributed by atoms with Crippen molar-refractivity contribution in [3.8, 4) is 5.75 Å². The average molecular weight is 299 g/mol. The number of fused-ring (bicyclic) bond motifs is 1. The molecular weight excluding hydrogens is 278 g/mol. The van der Waals surface area contributed by atoms with E-state index in [1.807, 2.05) is 23.0 Å². The number of rotatable bonds is 4. The highest BCUT2D eigenvalue weighted by Gasteiger charge is 2.43. The molecule has 116 valence electrons. The fraction of sp³-hybridized carbons (Fsp3) is 0.471. The molecule has 0 radical (unpaired) electrons. The molecule has 1 aromatic heterocycles. The van der Waals surface area contributed by atoms with Crippen molar-refractivity contribution in [3.63, 3.8) is 0 Å². The number of nitrogens with zero attached hydrogens (tertiary/aromatic N) is 2. The summed E-state index contributed by atoms with van der Waals surface area (Å²) in [6.07, 6.45) is 6.27. The second-order valence-electron chi connectivity index (χ2n) is 6.17. The van der Waals surface area contributed by atoms with E-state index in [1.54, 1.807) is 13.3 Å². The van der Waals surface area contributed by atoms with Gasteiger partial charge in [-0.05, 0) is 42.5 Å². The van der Waals surface area contributed by atoms with Gasteiger partial charge in [0.1, 0.15) is 5.75 Å². The lowest BCUT2D eigenvalue weighted by Gasteiger charge is -2.43. The SMILES string of the molecule is COc1cccc2c1CCC2N[C@H]1C[C@@H](O)[C@@H]1n1cccn1. The number of aromatic nitrogens is 2. The molecule has 5 nitrogen and oxygen atoms in total. The van der Waals surface area contributed by atoms with E-state index in [4.69, 9.17) is 4.74 Å². The van der Waals surface area contributed by atoms with Crippen LogP contribution in [0.5, 0.6) is 5.75 Å². The third-order valence-electron chi connectivity index (χ3n) is 5.00. The summed E-state index contributed by atoms with van der Waals surface area (Å²) in [7, 11) is 1.73. The van der Waals surface area contributed by atoms with Crippen molar-refractivity contribution in [1.29, 1.82) is 0 Å². The summed E-state index contributed by atoms with van der Waals surface area (Å²) in [4.78, 5) is 0. The Morgan fingerprint density at radius 1 is 1.36 bits per heavy atom. The highest BCUT2D eigenvalue weighted by atomic mass is 16.5. The minimum absolute atomic E-state index is 0.0321. The second kappa shape index (κ2) is 5.41. The average Bonchev–Trinajstić information content (AvgIpc) is 3.16. The lowest BCUT2D eigenvalue weighted by Crippen LogP contribution is -2.55. The Morgan fingerprint density at radius 3 is 3.00 bits per heavy atom. The van der Waals surface area contributed by atoms with Crippen molar-refractivity contribution in [3.05, 3.63) is 47.8 Å². The summed E-state index contributed by atoms with van der Waals surface area (Å²) in [6, 6.07) is 8.79. The number of aliphatic hydroxyl groups excluding tert-OH is 1. The van der Waals surface area contributed by atoms with E-state index in [-0.39, 0.29) is 18.2 Å². The van der Waals surface area contributed by atoms with Crippen LogP contribution in [-0.4, -0.2) is 34.1 Å². The van der Waals surface area contributed by atoms with Gasteiger partial charge in [-0.3, -0.25) is 4.68 Å². The van der Waals surface area contributed by atoms with Crippen molar-refractivity contribution in [2.75, 3.05) is 7.11 Å². The Balaban J connectivity index is 1.52. The number of hydrogen-bond acceptors (Lipinski definition) is 4. The van der Waals surface area contributed by atoms with Gasteiger partial charge >= 0.3 is 0 Å². The molecule has 0 aliphatic heterocycles. The van der Waals surface area contributed by atoms with Crippen LogP contribution in [0, 0.1) is 0 Å². The summed E-state index contributed by atoms with van der Waals surface area (Å²) >= 11 is 0. The molecule has 2 aliphatic rings. The van der Waals surface area contributed by atoms with Gasteiger partial charge in [-0.15, -0.1) is 0 Å². The Hall–Kier alpha value is -1.85. The largest absolute Gasteiger partial charge is 0.496 e. The molecule has 0 spiro atoms. The molecule has 2 N–H and O–H groups in total. The molecule has 1 saturated carbocycles. The number of methoxy groups -OCH3 is 1. The lowest BCUT2D eigenvalue weighted by atomic mass is 9.82. The van der Waals surface area contributed by atoms with Gasteiger partial charge in [-0.1, -0.05) is 12.1 Å². The van der Waals surface area contributed by atoms with E-state index in [1.165, 1.54) is 11.1 Å². The molecule has 2 aromatic rings. The number of ether oxygens (including phenoxy) is 1. The fourth-order valence-electron chi connectivity index (χ4n) is 3.84. The standard InChI is InChI=1S/C17H21N3O2/c1-22-16-5-2-4-11-12(16)6-7-13(11)19-14-10-15(21)17(14)20-9-3-8-18-20/h2-5,8-9,13-15,17,19,21H,6-7,10H2,1H3/t13?,14-,15+,17+/m0/s1. The first-order valence-electron chi connectivity index (χ1n) is 7.87. The van der Waals surface area contributed by atoms with Crippen LogP contribution in [-0.2, 0) is 6.42 Å². The van der Waals surface area contributed by atoms with Gasteiger partial charge in [0.15, 0.2) is 0 Å². The van der Waals surface area contributed by atoms with E-state index in [0.29, 0.717) is 6.04 Å². The van der Waals surface area contributed by atoms with Gasteiger partial charge in [-0.25, -0.2) is 0 Å². The Labute approximate surface area is 129 Å². The lowest BCUT2D eigenvalue weighted by molar-refractivity contribution is -0.0117. The minimum Gasteiger partial charge on any atom is -0.496 e. The van der Waals surface area contributed by atoms with Crippen LogP contribution in [0.15, 0.2) is 36.7 Å². The highest BCUT2D eigenvalue weighted by molar-refractivity contribution is 5.45. The van der Waals surface area contributed by atoms with Crippen LogP contribution in [0.4, 0.5) is 0 Å². The summed E-state index contributed by atoms with van der Waals surface area (Å²) in [5.74, 6) is 0.985. The summed E-state index contributed by atoms with van der Waals surface area (Å²) < 4.78 is 7.33. The van der Waals surface area contributed by atoms with Gasteiger partial charge in [0, 0.05) is 24.5 Å². The summed E-state index contributed by atoms with van der Waals surface area (Å²) in [5, 5.41) is 18.1. The van der Waals surface area contributed by atoms with Crippen molar-refractivity contribution in [2.24, 2.45) is 0 Å². The molecule has 4 rings (SSSR count). The van der Waals surface area contributed by atoms with Crippen LogP contribution >= 0.6 is 0 Å². The molecule has 1 aromatic carbocycles. The van der Waals surface area contributed by atoms with Crippen LogP contribution in [0.2, 0.25) is 0 Å². The predicted octanol–water partition coefficient (Wildman–Crippen LogP) is 1.84. The normalized spacial score (nSPS) is 29.9. The Bertz CT molecular complexity index is 656. The molecule has 4 atom stereocenters. The van der Waals surface area contributed by atoms with Gasteiger partial charge in [0.05, 0.1) is 19.3 Å². The number of aliphatic hydroxyl groups is 1. The van der Waals surface area contributed by atoms with Gasteiger partial charge < -0.3 is 15.2 Å². The summed E-state index contributed by atoms with van der Waals surface area (Å²) in [5.41, 5.74) is 2.65. The molecular formula is C17H21N3O2. The first-order valence-corrected chi connectivity index (χ1v) is 7.87. The molecule has 0 bridgehead atoms. The zero-order chi connectivity index (χ0) is 15.1. The molecule has 0 amide bonds. The maximum atomic E-state index is 10.1. The van der Waals surface area contributed by atoms with E-state index in [9.17, 15) is 5.11 Å². The van der Waals surface area contributed by atoms with Crippen LogP contribution in [0.1, 0.15) is 36.1 Å². The predicted molar refractivity (Wildman–Crippen MR) is 82.9 cm³/mol. The van der Waals surface area contributed by atoms with E-state index < -0.39 is 0 Å². The molecule has 22 heavy (non-hydrogen) atoms. The van der Waals surface area contributed by atoms with Gasteiger partial charge in [0.25, 0.3) is 0 Å². The molecule has 0 saturated heterocycles. The smallest absolute Gasteiger partial charge is 0.122 e. The van der Waals surface area contributed by atoms with Gasteiger partial charge in [-0.2, -0.15) is 5.10 Å². The molecule has 1 heterocycles. The van der Waals surface area contributed by atoms with Crippen LogP contribution in [0.25, 0.3) is 0 Å². The maximum absolute atomic E-state index is 10.1. The molecule has 5 heteroatoms. The van der Waals surface area contributed by atoms with Gasteiger partial charge in [0.2, 0.25) is 0 Å². The van der Waals surface area contributed by atoms with Crippen molar-refractivity contribution < 1.29 is 9.84 Å². The van der Waals surface area contributed by atoms with E-state index in [2.05, 4.69) is 22.5 Å². The zero-order valence-electron chi connectivity index (χ0n) is 12.6. The van der Waals surface area contributed by atoms with Crippen molar-refractivity contribution in [1.82, 2.24) is 15.1 Å². The quantitative estimate of drug-likeness (QED) is 0.904. The van der Waals surface area contributed by atoms with Crippen LogP contribution < -0.4 is 10.1 Å². The third-order valence-corrected chi connectivity index (χ3v) is 5.00. The van der Waals surface area contributed by atoms with Crippen LogP contribution in [0.3, 0.4) is 0 Å². The first-order chi connectivity index (χ1) is 10.8. The number of nitrogens with one attached hydrogen (secondary N) is 1. The molecule has 2 aliphatic carbocycles. The minimum atomic E-state index is -0.316. The Kier molecular flexibility index (Phi) is 3.39. The topological polar surface area (TPSA) is 59.3 Å². The van der Waals surface area contributed by atoms with E-state index in [0.717, 1.165) is 25.0 Å². The maximum Gasteiger partial charge on any atom is 0.122 e. The third kappa shape index (κ3) is 2.12. The number of hydrogen-bond donors (Lipinski definition) is 2. The first kappa shape index (κ1) is 13.8. The zero-order valence-corrected chi connectivity index (χ0v) is 12.6. The van der Waals surface area contributed by atoms with E-state index >= 15 is 0 Å². The fourth-order valence-corrected chi connectivity index (χ4v) is 3.84. The second-order valence-corrected chi connectivity index (χ2v) is 6.17. The monoisotopic (exact) mass is 299 g/mol. The number of benzene rings is 1. The summed E-state index contributed by atoms with van der Waals surface area (Å²) in [6.45, 7) is 0. The van der Waals surface area contributed by atoms with Crippen molar-refractivity contribution in [2.45, 2.75) is 43.5 Å². The Morgan fingerprint density at radius 2 is 2.27 bits per heavy atom. The molecule has 1 unspecified atom stereocenters. The highest BCUT2D eigenvalue weighted by Crippen LogP contribution is 2.40. The van der Waals surface area contributed by atoms with Crippen molar-refractivity contribution >= 4 is 0 Å².